The van der Waals surface area contributed by atoms with Crippen molar-refractivity contribution in [3.63, 3.8) is 0 Å². The van der Waals surface area contributed by atoms with E-state index < -0.39 is 6.10 Å². The molecule has 1 aromatic heterocycles. The highest BCUT2D eigenvalue weighted by molar-refractivity contribution is 5.36. The van der Waals surface area contributed by atoms with Gasteiger partial charge < -0.3 is 9.84 Å². The fraction of sp³-hybridized carbons (Fsp3) is 0.200. The topological polar surface area (TPSA) is 66.1 Å². The van der Waals surface area contributed by atoms with Gasteiger partial charge in [0.25, 0.3) is 0 Å². The Balaban J connectivity index is 2.08. The second-order valence-corrected chi connectivity index (χ2v) is 4.08. The molecule has 2 rings (SSSR count). The number of ether oxygens (including phenoxy) is 1. The monoisotopic (exact) mass is 254 g/mol. The summed E-state index contributed by atoms with van der Waals surface area (Å²) in [7, 11) is 0. The van der Waals surface area contributed by atoms with Crippen molar-refractivity contribution in [2.24, 2.45) is 0 Å². The van der Waals surface area contributed by atoms with E-state index in [2.05, 4.69) is 4.98 Å². The van der Waals surface area contributed by atoms with Crippen molar-refractivity contribution in [1.29, 1.82) is 5.26 Å². The second kappa shape index (κ2) is 5.98. The highest BCUT2D eigenvalue weighted by atomic mass is 16.5. The van der Waals surface area contributed by atoms with Gasteiger partial charge in [0.2, 0.25) is 0 Å². The molecular weight excluding hydrogens is 240 g/mol. The lowest BCUT2D eigenvalue weighted by atomic mass is 10.2. The summed E-state index contributed by atoms with van der Waals surface area (Å²) in [5.41, 5.74) is 1.22. The molecule has 1 N–H and O–H groups in total. The first-order chi connectivity index (χ1) is 9.22. The molecule has 0 amide bonds. The zero-order valence-electron chi connectivity index (χ0n) is 10.6. The van der Waals surface area contributed by atoms with Crippen LogP contribution in [0.3, 0.4) is 0 Å². The minimum atomic E-state index is -0.538. The van der Waals surface area contributed by atoms with Gasteiger partial charge >= 0.3 is 0 Å². The van der Waals surface area contributed by atoms with E-state index in [0.29, 0.717) is 29.2 Å². The molecule has 0 saturated heterocycles. The number of aliphatic hydroxyl groups excluding tert-OH is 1. The largest absolute Gasteiger partial charge is 0.456 e. The molecule has 4 heteroatoms. The van der Waals surface area contributed by atoms with Crippen LogP contribution in [0, 0.1) is 11.3 Å². The molecule has 4 nitrogen and oxygen atoms in total. The van der Waals surface area contributed by atoms with Crippen LogP contribution in [0.25, 0.3) is 0 Å². The summed E-state index contributed by atoms with van der Waals surface area (Å²) in [6, 6.07) is 12.4. The third kappa shape index (κ3) is 3.30. The lowest BCUT2D eigenvalue weighted by molar-refractivity contribution is 0.169. The number of benzene rings is 1. The molecule has 0 spiro atoms. The Bertz CT molecular complexity index is 571. The smallest absolute Gasteiger partial charge is 0.145 e. The lowest BCUT2D eigenvalue weighted by Gasteiger charge is -2.09. The molecule has 0 aliphatic carbocycles. The van der Waals surface area contributed by atoms with Gasteiger partial charge in [-0.2, -0.15) is 5.26 Å². The predicted octanol–water partition coefficient (Wildman–Crippen LogP) is 3.19. The Morgan fingerprint density at radius 2 is 1.89 bits per heavy atom. The molecule has 0 unspecified atom stereocenters. The molecule has 1 aromatic carbocycles. The highest BCUT2D eigenvalue weighted by Crippen LogP contribution is 2.22. The van der Waals surface area contributed by atoms with E-state index in [4.69, 9.17) is 10.00 Å². The molecule has 0 radical (unpaired) electrons. The Morgan fingerprint density at radius 1 is 1.21 bits per heavy atom. The molecule has 1 atom stereocenters. The molecule has 1 heterocycles. The number of aromatic nitrogens is 1. The number of nitrogens with zero attached hydrogens (tertiary/aromatic N) is 2. The maximum Gasteiger partial charge on any atom is 0.145 e. The molecule has 96 valence electrons. The molecular formula is C15H14N2O2. The molecule has 0 saturated carbocycles. The van der Waals surface area contributed by atoms with Crippen LogP contribution in [-0.4, -0.2) is 10.1 Å². The van der Waals surface area contributed by atoms with Gasteiger partial charge in [-0.1, -0.05) is 6.92 Å². The number of hydrogen-bond acceptors (Lipinski definition) is 4. The van der Waals surface area contributed by atoms with Gasteiger partial charge in [-0.25, -0.2) is 0 Å². The van der Waals surface area contributed by atoms with Crippen LogP contribution in [0.5, 0.6) is 11.5 Å². The fourth-order valence-electron chi connectivity index (χ4n) is 1.59. The zero-order valence-corrected chi connectivity index (χ0v) is 10.6. The van der Waals surface area contributed by atoms with Crippen molar-refractivity contribution in [2.45, 2.75) is 19.4 Å². The summed E-state index contributed by atoms with van der Waals surface area (Å²) in [5.74, 6) is 1.24. The van der Waals surface area contributed by atoms with Crippen molar-refractivity contribution in [3.8, 4) is 17.6 Å². The van der Waals surface area contributed by atoms with Gasteiger partial charge in [-0.3, -0.25) is 4.98 Å². The quantitative estimate of drug-likeness (QED) is 0.909. The average Bonchev–Trinajstić information content (AvgIpc) is 2.48. The standard InChI is InChI=1S/C15H14N2O2/c1-2-15(18)14-8-7-13(10-17-14)19-12-5-3-11(9-16)4-6-12/h3-8,10,15,18H,2H2,1H3/t15-/m0/s1. The van der Waals surface area contributed by atoms with Crippen LogP contribution in [0.2, 0.25) is 0 Å². The first-order valence-corrected chi connectivity index (χ1v) is 6.05. The first kappa shape index (κ1) is 13.1. The van der Waals surface area contributed by atoms with Crippen LogP contribution >= 0.6 is 0 Å². The molecule has 2 aromatic rings. The van der Waals surface area contributed by atoms with E-state index in [1.165, 1.54) is 0 Å². The third-order valence-corrected chi connectivity index (χ3v) is 2.71. The summed E-state index contributed by atoms with van der Waals surface area (Å²) in [6.45, 7) is 1.90. The van der Waals surface area contributed by atoms with Gasteiger partial charge in [0, 0.05) is 0 Å². The van der Waals surface area contributed by atoms with Crippen LogP contribution < -0.4 is 4.74 Å². The SMILES string of the molecule is CC[C@H](O)c1ccc(Oc2ccc(C#N)cc2)cn1. The van der Waals surface area contributed by atoms with Gasteiger partial charge in [-0.15, -0.1) is 0 Å². The van der Waals surface area contributed by atoms with E-state index in [1.54, 1.807) is 42.6 Å². The van der Waals surface area contributed by atoms with Gasteiger partial charge in [0.15, 0.2) is 0 Å². The average molecular weight is 254 g/mol. The van der Waals surface area contributed by atoms with Crippen molar-refractivity contribution < 1.29 is 9.84 Å². The Hall–Kier alpha value is -2.38. The summed E-state index contributed by atoms with van der Waals surface area (Å²) in [4.78, 5) is 4.15. The third-order valence-electron chi connectivity index (χ3n) is 2.71. The zero-order chi connectivity index (χ0) is 13.7. The van der Waals surface area contributed by atoms with E-state index in [0.717, 1.165) is 0 Å². The summed E-state index contributed by atoms with van der Waals surface area (Å²) < 4.78 is 5.59. The summed E-state index contributed by atoms with van der Waals surface area (Å²) >= 11 is 0. The van der Waals surface area contributed by atoms with Crippen molar-refractivity contribution in [1.82, 2.24) is 4.98 Å². The van der Waals surface area contributed by atoms with Crippen LogP contribution in [-0.2, 0) is 0 Å². The highest BCUT2D eigenvalue weighted by Gasteiger charge is 2.06. The summed E-state index contributed by atoms with van der Waals surface area (Å²) in [5, 5.41) is 18.3. The first-order valence-electron chi connectivity index (χ1n) is 6.05. The van der Waals surface area contributed by atoms with Gasteiger partial charge in [0.05, 0.1) is 29.6 Å². The fourth-order valence-corrected chi connectivity index (χ4v) is 1.59. The van der Waals surface area contributed by atoms with Gasteiger partial charge in [0.1, 0.15) is 11.5 Å². The molecule has 0 aliphatic heterocycles. The van der Waals surface area contributed by atoms with E-state index in [-0.39, 0.29) is 0 Å². The van der Waals surface area contributed by atoms with E-state index >= 15 is 0 Å². The number of nitriles is 1. The predicted molar refractivity (Wildman–Crippen MR) is 70.7 cm³/mol. The second-order valence-electron chi connectivity index (χ2n) is 4.08. The molecule has 0 aliphatic rings. The lowest BCUT2D eigenvalue weighted by Crippen LogP contribution is -1.98. The minimum Gasteiger partial charge on any atom is -0.456 e. The number of hydrogen-bond donors (Lipinski definition) is 1. The maximum absolute atomic E-state index is 9.63. The van der Waals surface area contributed by atoms with Crippen LogP contribution in [0.15, 0.2) is 42.6 Å². The number of aliphatic hydroxyl groups is 1. The Labute approximate surface area is 111 Å². The Kier molecular flexibility index (Phi) is 4.11. The minimum absolute atomic E-state index is 0.538. The van der Waals surface area contributed by atoms with Crippen molar-refractivity contribution >= 4 is 0 Å². The van der Waals surface area contributed by atoms with Gasteiger partial charge in [-0.05, 0) is 42.8 Å². The summed E-state index contributed by atoms with van der Waals surface area (Å²) in [6.07, 6.45) is 1.67. The number of pyridine rings is 1. The van der Waals surface area contributed by atoms with Crippen LogP contribution in [0.1, 0.15) is 30.7 Å². The molecule has 0 bridgehead atoms. The normalized spacial score (nSPS) is 11.6. The van der Waals surface area contributed by atoms with Crippen molar-refractivity contribution in [2.75, 3.05) is 0 Å². The molecule has 0 fully saturated rings. The van der Waals surface area contributed by atoms with Crippen LogP contribution in [0.4, 0.5) is 0 Å². The maximum atomic E-state index is 9.63. The number of rotatable bonds is 4. The van der Waals surface area contributed by atoms with Crippen molar-refractivity contribution in [3.05, 3.63) is 53.9 Å². The van der Waals surface area contributed by atoms with E-state index in [1.807, 2.05) is 13.0 Å². The molecule has 19 heavy (non-hydrogen) atoms. The van der Waals surface area contributed by atoms with E-state index in [9.17, 15) is 5.11 Å². The Morgan fingerprint density at radius 3 is 2.42 bits per heavy atom.